The molecule has 2 heterocycles. The number of nitrogens with one attached hydrogen (secondary N) is 1. The molecule has 2 aliphatic rings. The molecule has 21 heavy (non-hydrogen) atoms. The lowest BCUT2D eigenvalue weighted by atomic mass is 10.0. The van der Waals surface area contributed by atoms with Gasteiger partial charge in [0.2, 0.25) is 0 Å². The Morgan fingerprint density at radius 1 is 1.33 bits per heavy atom. The van der Waals surface area contributed by atoms with Crippen LogP contribution in [0.2, 0.25) is 0 Å². The maximum absolute atomic E-state index is 5.42. The van der Waals surface area contributed by atoms with Gasteiger partial charge >= 0.3 is 0 Å². The fraction of sp³-hybridized carbons (Fsp3) is 0.500. The van der Waals surface area contributed by atoms with Gasteiger partial charge in [-0.25, -0.2) is 4.58 Å². The quantitative estimate of drug-likeness (QED) is 0.855. The number of aromatic nitrogens is 1. The van der Waals surface area contributed by atoms with E-state index in [2.05, 4.69) is 28.7 Å². The van der Waals surface area contributed by atoms with Crippen molar-refractivity contribution in [2.24, 2.45) is 0 Å². The van der Waals surface area contributed by atoms with Crippen LogP contribution in [0.25, 0.3) is 10.9 Å². The predicted molar refractivity (Wildman–Crippen MR) is 85.8 cm³/mol. The van der Waals surface area contributed by atoms with Crippen molar-refractivity contribution in [3.63, 3.8) is 0 Å². The summed E-state index contributed by atoms with van der Waals surface area (Å²) >= 11 is 0. The molecule has 1 N–H and O–H groups in total. The van der Waals surface area contributed by atoms with Gasteiger partial charge in [0.05, 0.1) is 13.5 Å². The Hall–Kier alpha value is -1.77. The highest BCUT2D eigenvalue weighted by Crippen LogP contribution is 2.44. The first-order chi connectivity index (χ1) is 10.3. The molecule has 3 heteroatoms. The number of ether oxygens (including phenoxy) is 1. The Bertz CT molecular complexity index is 722. The monoisotopic (exact) mass is 283 g/mol. The smallest absolute Gasteiger partial charge is 0.156 e. The zero-order valence-corrected chi connectivity index (χ0v) is 12.9. The molecule has 1 aromatic heterocycles. The first kappa shape index (κ1) is 12.9. The van der Waals surface area contributed by atoms with Crippen molar-refractivity contribution in [1.82, 2.24) is 4.98 Å². The molecule has 0 bridgehead atoms. The predicted octanol–water partition coefficient (Wildman–Crippen LogP) is 3.47. The maximum Gasteiger partial charge on any atom is 0.156 e. The molecule has 0 unspecified atom stereocenters. The lowest BCUT2D eigenvalue weighted by Gasteiger charge is -2.04. The van der Waals surface area contributed by atoms with Crippen LogP contribution in [0.3, 0.4) is 0 Å². The highest BCUT2D eigenvalue weighted by molar-refractivity contribution is 5.92. The van der Waals surface area contributed by atoms with E-state index < -0.39 is 0 Å². The summed E-state index contributed by atoms with van der Waals surface area (Å²) in [6, 6.07) is 6.41. The average Bonchev–Trinajstić information content (AvgIpc) is 3.18. The third-order valence-corrected chi connectivity index (χ3v) is 5.01. The van der Waals surface area contributed by atoms with E-state index in [1.807, 2.05) is 6.07 Å². The van der Waals surface area contributed by atoms with E-state index >= 15 is 0 Å². The third-order valence-electron chi connectivity index (χ3n) is 5.01. The van der Waals surface area contributed by atoms with E-state index in [4.69, 9.17) is 4.74 Å². The van der Waals surface area contributed by atoms with Crippen molar-refractivity contribution in [2.45, 2.75) is 38.0 Å². The average molecular weight is 283 g/mol. The molecule has 1 fully saturated rings. The second-order valence-corrected chi connectivity index (χ2v) is 6.47. The van der Waals surface area contributed by atoms with Crippen LogP contribution in [0.5, 0.6) is 5.75 Å². The third kappa shape index (κ3) is 2.25. The van der Waals surface area contributed by atoms with Crippen molar-refractivity contribution in [2.75, 3.05) is 20.7 Å². The maximum atomic E-state index is 5.42. The molecule has 0 radical (unpaired) electrons. The number of fused-ring (bicyclic) bond motifs is 1. The summed E-state index contributed by atoms with van der Waals surface area (Å²) in [5, 5.41) is 1.35. The first-order valence-electron chi connectivity index (χ1n) is 8.00. The fourth-order valence-electron chi connectivity index (χ4n) is 3.58. The molecule has 110 valence electrons. The van der Waals surface area contributed by atoms with Gasteiger partial charge in [-0.3, -0.25) is 0 Å². The summed E-state index contributed by atoms with van der Waals surface area (Å²) in [5.74, 6) is 1.71. The molecule has 0 atom stereocenters. The van der Waals surface area contributed by atoms with Crippen molar-refractivity contribution < 1.29 is 9.31 Å². The summed E-state index contributed by atoms with van der Waals surface area (Å²) < 4.78 is 7.86. The highest BCUT2D eigenvalue weighted by atomic mass is 16.5. The first-order valence-corrected chi connectivity index (χ1v) is 8.00. The summed E-state index contributed by atoms with van der Waals surface area (Å²) in [7, 11) is 3.98. The Balaban J connectivity index is 1.83. The second kappa shape index (κ2) is 4.90. The molecule has 0 spiro atoms. The van der Waals surface area contributed by atoms with Crippen molar-refractivity contribution >= 4 is 16.6 Å². The highest BCUT2D eigenvalue weighted by Gasteiger charge is 2.31. The van der Waals surface area contributed by atoms with Crippen LogP contribution in [0.1, 0.15) is 42.9 Å². The summed E-state index contributed by atoms with van der Waals surface area (Å²) in [5.41, 5.74) is 5.83. The normalized spacial score (nSPS) is 18.8. The van der Waals surface area contributed by atoms with Gasteiger partial charge in [-0.05, 0) is 42.5 Å². The number of methoxy groups -OCH3 is 1. The van der Waals surface area contributed by atoms with E-state index in [1.165, 1.54) is 54.4 Å². The zero-order valence-electron chi connectivity index (χ0n) is 12.9. The molecule has 0 saturated heterocycles. The largest absolute Gasteiger partial charge is 0.497 e. The van der Waals surface area contributed by atoms with Crippen LogP contribution in [0, 0.1) is 0 Å². The van der Waals surface area contributed by atoms with Gasteiger partial charge in [-0.2, -0.15) is 0 Å². The van der Waals surface area contributed by atoms with Crippen molar-refractivity contribution in [3.05, 3.63) is 29.5 Å². The number of aromatic amines is 1. The standard InChI is InChI=1S/C18H23N2O/c1-20-9-3-4-13(20)10-16-15-11-14(21-2)7-8-17(15)19-18(16)12-5-6-12/h7-8,11-12,19H,3-6,9-10H2,1-2H3/q+1. The fourth-order valence-corrected chi connectivity index (χ4v) is 3.58. The number of H-pyrrole nitrogens is 1. The number of benzene rings is 1. The summed E-state index contributed by atoms with van der Waals surface area (Å²) in [4.78, 5) is 3.68. The Morgan fingerprint density at radius 3 is 2.86 bits per heavy atom. The van der Waals surface area contributed by atoms with E-state index in [0.29, 0.717) is 0 Å². The second-order valence-electron chi connectivity index (χ2n) is 6.47. The molecule has 2 aromatic rings. The number of rotatable bonds is 4. The molecule has 1 aliphatic carbocycles. The minimum atomic E-state index is 0.755. The molecule has 3 nitrogen and oxygen atoms in total. The molecule has 0 amide bonds. The van der Waals surface area contributed by atoms with Gasteiger partial charge in [0, 0.05) is 29.4 Å². The molecule has 4 rings (SSSR count). The number of nitrogens with zero attached hydrogens (tertiary/aromatic N) is 1. The van der Waals surface area contributed by atoms with Gasteiger partial charge in [0.15, 0.2) is 5.71 Å². The Kier molecular flexibility index (Phi) is 3.02. The van der Waals surface area contributed by atoms with Crippen LogP contribution >= 0.6 is 0 Å². The van der Waals surface area contributed by atoms with E-state index in [9.17, 15) is 0 Å². The molecular formula is C18H23N2O+. The van der Waals surface area contributed by atoms with Crippen LogP contribution in [0.4, 0.5) is 0 Å². The van der Waals surface area contributed by atoms with Gasteiger partial charge < -0.3 is 9.72 Å². The van der Waals surface area contributed by atoms with Gasteiger partial charge in [-0.1, -0.05) is 0 Å². The lowest BCUT2D eigenvalue weighted by molar-refractivity contribution is -0.489. The van der Waals surface area contributed by atoms with E-state index in [-0.39, 0.29) is 0 Å². The topological polar surface area (TPSA) is 28.0 Å². The zero-order chi connectivity index (χ0) is 14.4. The van der Waals surface area contributed by atoms with Crippen LogP contribution in [-0.2, 0) is 6.42 Å². The SMILES string of the molecule is COc1ccc2[nH]c(C3CC3)c(CC3=[N+](C)CCC3)c2c1. The van der Waals surface area contributed by atoms with Crippen LogP contribution in [-0.4, -0.2) is 36.0 Å². The van der Waals surface area contributed by atoms with E-state index in [0.717, 1.165) is 18.1 Å². The lowest BCUT2D eigenvalue weighted by Crippen LogP contribution is -2.12. The van der Waals surface area contributed by atoms with Gasteiger partial charge in [0.1, 0.15) is 19.3 Å². The number of hydrogen-bond donors (Lipinski definition) is 1. The van der Waals surface area contributed by atoms with Crippen LogP contribution in [0.15, 0.2) is 18.2 Å². The van der Waals surface area contributed by atoms with Gasteiger partial charge in [-0.15, -0.1) is 0 Å². The van der Waals surface area contributed by atoms with Gasteiger partial charge in [0.25, 0.3) is 0 Å². The molecule has 1 saturated carbocycles. The Morgan fingerprint density at radius 2 is 2.19 bits per heavy atom. The molecular weight excluding hydrogens is 260 g/mol. The molecule has 1 aliphatic heterocycles. The Labute approximate surface area is 125 Å². The summed E-state index contributed by atoms with van der Waals surface area (Å²) in [6.07, 6.45) is 6.31. The van der Waals surface area contributed by atoms with Crippen molar-refractivity contribution in [3.8, 4) is 5.75 Å². The summed E-state index contributed by atoms with van der Waals surface area (Å²) in [6.45, 7) is 1.21. The van der Waals surface area contributed by atoms with Crippen molar-refractivity contribution in [1.29, 1.82) is 0 Å². The minimum Gasteiger partial charge on any atom is -0.497 e. The number of hydrogen-bond acceptors (Lipinski definition) is 1. The van der Waals surface area contributed by atoms with E-state index in [1.54, 1.807) is 12.8 Å². The van der Waals surface area contributed by atoms with Crippen LogP contribution < -0.4 is 4.74 Å². The minimum absolute atomic E-state index is 0.755. The molecule has 1 aromatic carbocycles.